The van der Waals surface area contributed by atoms with Crippen LogP contribution in [-0.2, 0) is 9.59 Å². The summed E-state index contributed by atoms with van der Waals surface area (Å²) < 4.78 is 0. The molecule has 1 saturated heterocycles. The Balaban J connectivity index is 1.86. The monoisotopic (exact) mass is 310 g/mol. The van der Waals surface area contributed by atoms with Gasteiger partial charge in [-0.1, -0.05) is 25.7 Å². The third-order valence-electron chi connectivity index (χ3n) is 5.46. The third-order valence-corrected chi connectivity index (χ3v) is 6.61. The van der Waals surface area contributed by atoms with E-state index in [4.69, 9.17) is 0 Å². The van der Waals surface area contributed by atoms with Crippen LogP contribution >= 0.6 is 11.8 Å². The lowest BCUT2D eigenvalue weighted by Crippen LogP contribution is -2.60. The molecule has 4 nitrogen and oxygen atoms in total. The van der Waals surface area contributed by atoms with Gasteiger partial charge in [0.2, 0.25) is 11.8 Å². The lowest BCUT2D eigenvalue weighted by molar-refractivity contribution is -0.142. The Morgan fingerprint density at radius 2 is 1.90 bits per heavy atom. The van der Waals surface area contributed by atoms with Gasteiger partial charge < -0.3 is 10.2 Å². The molecule has 2 amide bonds. The number of carbonyl (C=O) groups excluding carboxylic acids is 2. The van der Waals surface area contributed by atoms with Gasteiger partial charge in [0.25, 0.3) is 0 Å². The molecule has 118 valence electrons. The molecule has 1 N–H and O–H groups in total. The van der Waals surface area contributed by atoms with Crippen LogP contribution in [0.4, 0.5) is 0 Å². The molecule has 1 spiro atoms. The van der Waals surface area contributed by atoms with Crippen molar-refractivity contribution in [1.82, 2.24) is 10.2 Å². The second-order valence-electron chi connectivity index (χ2n) is 6.71. The number of hydrogen-bond acceptors (Lipinski definition) is 3. The first-order valence-corrected chi connectivity index (χ1v) is 9.60. The zero-order chi connectivity index (χ0) is 14.9. The van der Waals surface area contributed by atoms with Crippen molar-refractivity contribution in [2.75, 3.05) is 12.8 Å². The van der Waals surface area contributed by atoms with Crippen LogP contribution < -0.4 is 5.32 Å². The maximum atomic E-state index is 13.2. The Labute approximate surface area is 131 Å². The van der Waals surface area contributed by atoms with E-state index in [1.54, 1.807) is 0 Å². The average molecular weight is 310 g/mol. The van der Waals surface area contributed by atoms with Crippen LogP contribution in [0.2, 0.25) is 0 Å². The highest BCUT2D eigenvalue weighted by Crippen LogP contribution is 2.37. The van der Waals surface area contributed by atoms with Gasteiger partial charge in [-0.25, -0.2) is 0 Å². The molecule has 2 saturated carbocycles. The second-order valence-corrected chi connectivity index (χ2v) is 7.79. The Hall–Kier alpha value is -0.710. The fraction of sp³-hybridized carbons (Fsp3) is 0.875. The van der Waals surface area contributed by atoms with Gasteiger partial charge in [0.05, 0.1) is 0 Å². The van der Waals surface area contributed by atoms with Gasteiger partial charge in [-0.2, -0.15) is 11.8 Å². The van der Waals surface area contributed by atoms with E-state index >= 15 is 0 Å². The number of nitrogens with zero attached hydrogens (tertiary/aromatic N) is 1. The van der Waals surface area contributed by atoms with Crippen molar-refractivity contribution < 1.29 is 9.59 Å². The molecule has 0 radical (unpaired) electrons. The molecule has 3 aliphatic rings. The molecule has 3 fully saturated rings. The zero-order valence-corrected chi connectivity index (χ0v) is 13.7. The Morgan fingerprint density at radius 3 is 2.62 bits per heavy atom. The van der Waals surface area contributed by atoms with Crippen LogP contribution in [0, 0.1) is 0 Å². The van der Waals surface area contributed by atoms with E-state index in [0.29, 0.717) is 24.3 Å². The molecule has 2 atom stereocenters. The second kappa shape index (κ2) is 6.19. The minimum Gasteiger partial charge on any atom is -0.342 e. The highest BCUT2D eigenvalue weighted by atomic mass is 32.2. The third kappa shape index (κ3) is 2.81. The van der Waals surface area contributed by atoms with Crippen molar-refractivity contribution >= 4 is 23.6 Å². The molecular formula is C16H26N2O2S. The van der Waals surface area contributed by atoms with Crippen molar-refractivity contribution in [2.45, 2.75) is 74.6 Å². The van der Waals surface area contributed by atoms with E-state index in [2.05, 4.69) is 16.5 Å². The first-order valence-electron chi connectivity index (χ1n) is 8.31. The predicted octanol–water partition coefficient (Wildman–Crippen LogP) is 2.32. The number of carbonyl (C=O) groups is 2. The smallest absolute Gasteiger partial charge is 0.248 e. The van der Waals surface area contributed by atoms with E-state index in [9.17, 15) is 9.59 Å². The molecular weight excluding hydrogens is 284 g/mol. The quantitative estimate of drug-likeness (QED) is 0.851. The molecule has 0 aromatic carbocycles. The van der Waals surface area contributed by atoms with Crippen LogP contribution in [-0.4, -0.2) is 46.3 Å². The van der Waals surface area contributed by atoms with Gasteiger partial charge >= 0.3 is 0 Å². The Bertz CT molecular complexity index is 421. The molecule has 0 aromatic heterocycles. The SMILES string of the molecule is CSC1CCCC1N1CCC(=O)NC2(CCCCC2)C1=O. The van der Waals surface area contributed by atoms with Crippen LogP contribution in [0.1, 0.15) is 57.8 Å². The summed E-state index contributed by atoms with van der Waals surface area (Å²) in [6.07, 6.45) is 11.0. The van der Waals surface area contributed by atoms with Crippen LogP contribution in [0.3, 0.4) is 0 Å². The molecule has 0 bridgehead atoms. The summed E-state index contributed by atoms with van der Waals surface area (Å²) in [6, 6.07) is 0.332. The maximum Gasteiger partial charge on any atom is 0.248 e. The summed E-state index contributed by atoms with van der Waals surface area (Å²) in [4.78, 5) is 27.4. The standard InChI is InChI=1S/C16H26N2O2S/c1-21-13-7-5-6-12(13)18-11-8-14(19)17-16(15(18)20)9-3-2-4-10-16/h12-13H,2-11H2,1H3,(H,17,19). The number of hydrogen-bond donors (Lipinski definition) is 1. The molecule has 1 heterocycles. The fourth-order valence-corrected chi connectivity index (χ4v) is 5.33. The summed E-state index contributed by atoms with van der Waals surface area (Å²) in [7, 11) is 0. The van der Waals surface area contributed by atoms with Crippen molar-refractivity contribution in [3.8, 4) is 0 Å². The normalized spacial score (nSPS) is 33.1. The minimum atomic E-state index is -0.586. The first kappa shape index (κ1) is 15.2. The van der Waals surface area contributed by atoms with Gasteiger partial charge in [0.15, 0.2) is 0 Å². The van der Waals surface area contributed by atoms with Gasteiger partial charge in [-0.3, -0.25) is 9.59 Å². The predicted molar refractivity (Wildman–Crippen MR) is 85.2 cm³/mol. The average Bonchev–Trinajstić information content (AvgIpc) is 2.92. The Kier molecular flexibility index (Phi) is 4.48. The van der Waals surface area contributed by atoms with E-state index in [1.165, 1.54) is 19.3 Å². The molecule has 5 heteroatoms. The van der Waals surface area contributed by atoms with E-state index < -0.39 is 5.54 Å². The summed E-state index contributed by atoms with van der Waals surface area (Å²) in [5.74, 6) is 0.269. The molecule has 1 aliphatic heterocycles. The van der Waals surface area contributed by atoms with E-state index in [1.807, 2.05) is 11.8 Å². The van der Waals surface area contributed by atoms with Gasteiger partial charge in [0, 0.05) is 24.3 Å². The molecule has 3 rings (SSSR count). The zero-order valence-electron chi connectivity index (χ0n) is 12.9. The molecule has 2 unspecified atom stereocenters. The number of amides is 2. The topological polar surface area (TPSA) is 49.4 Å². The van der Waals surface area contributed by atoms with Crippen molar-refractivity contribution in [2.24, 2.45) is 0 Å². The molecule has 21 heavy (non-hydrogen) atoms. The maximum absolute atomic E-state index is 13.2. The van der Waals surface area contributed by atoms with Crippen molar-refractivity contribution in [1.29, 1.82) is 0 Å². The van der Waals surface area contributed by atoms with Crippen molar-refractivity contribution in [3.63, 3.8) is 0 Å². The van der Waals surface area contributed by atoms with Gasteiger partial charge in [-0.15, -0.1) is 0 Å². The minimum absolute atomic E-state index is 0.0615. The van der Waals surface area contributed by atoms with Crippen molar-refractivity contribution in [3.05, 3.63) is 0 Å². The van der Waals surface area contributed by atoms with Gasteiger partial charge in [-0.05, 0) is 31.9 Å². The highest BCUT2D eigenvalue weighted by molar-refractivity contribution is 7.99. The summed E-state index contributed by atoms with van der Waals surface area (Å²) in [5.41, 5.74) is -0.586. The summed E-state index contributed by atoms with van der Waals surface area (Å²) >= 11 is 1.88. The lowest BCUT2D eigenvalue weighted by atomic mass is 9.80. The fourth-order valence-electron chi connectivity index (χ4n) is 4.33. The van der Waals surface area contributed by atoms with Gasteiger partial charge in [0.1, 0.15) is 5.54 Å². The number of thioether (sulfide) groups is 1. The van der Waals surface area contributed by atoms with Crippen LogP contribution in [0.5, 0.6) is 0 Å². The number of nitrogens with one attached hydrogen (secondary N) is 1. The van der Waals surface area contributed by atoms with E-state index in [0.717, 1.165) is 32.1 Å². The molecule has 2 aliphatic carbocycles. The first-order chi connectivity index (χ1) is 10.2. The number of rotatable bonds is 2. The largest absolute Gasteiger partial charge is 0.342 e. The van der Waals surface area contributed by atoms with E-state index in [-0.39, 0.29) is 11.8 Å². The Morgan fingerprint density at radius 1 is 1.14 bits per heavy atom. The highest BCUT2D eigenvalue weighted by Gasteiger charge is 2.48. The summed E-state index contributed by atoms with van der Waals surface area (Å²) in [6.45, 7) is 0.605. The van der Waals surface area contributed by atoms with Crippen LogP contribution in [0.15, 0.2) is 0 Å². The lowest BCUT2D eigenvalue weighted by Gasteiger charge is -2.41. The summed E-state index contributed by atoms with van der Waals surface area (Å²) in [5, 5.41) is 3.64. The molecule has 0 aromatic rings. The van der Waals surface area contributed by atoms with Crippen LogP contribution in [0.25, 0.3) is 0 Å².